The number of carbonyl (C=O) groups is 3. The Morgan fingerprint density at radius 1 is 1.20 bits per heavy atom. The van der Waals surface area contributed by atoms with Gasteiger partial charge in [-0.2, -0.15) is 0 Å². The molecule has 0 bridgehead atoms. The van der Waals surface area contributed by atoms with Crippen molar-refractivity contribution in [2.24, 2.45) is 0 Å². The highest BCUT2D eigenvalue weighted by molar-refractivity contribution is 6.31. The largest absolute Gasteiger partial charge is 0.480 e. The maximum atomic E-state index is 11.6. The van der Waals surface area contributed by atoms with E-state index >= 15 is 0 Å². The third-order valence-corrected chi connectivity index (χ3v) is 2.77. The van der Waals surface area contributed by atoms with Gasteiger partial charge in [0.05, 0.1) is 6.54 Å². The number of hydrogen-bond donors (Lipinski definition) is 4. The molecule has 3 amide bonds. The maximum absolute atomic E-state index is 11.6. The van der Waals surface area contributed by atoms with Crippen molar-refractivity contribution in [3.63, 3.8) is 0 Å². The van der Waals surface area contributed by atoms with Crippen LogP contribution >= 0.6 is 11.6 Å². The summed E-state index contributed by atoms with van der Waals surface area (Å²) in [6.07, 6.45) is 0. The summed E-state index contributed by atoms with van der Waals surface area (Å²) >= 11 is 5.90. The van der Waals surface area contributed by atoms with Crippen molar-refractivity contribution in [2.45, 2.75) is 6.92 Å². The normalized spacial score (nSPS) is 9.70. The molecule has 0 aromatic heterocycles. The van der Waals surface area contributed by atoms with Crippen molar-refractivity contribution < 1.29 is 19.5 Å². The van der Waals surface area contributed by atoms with Gasteiger partial charge >= 0.3 is 12.0 Å². The van der Waals surface area contributed by atoms with Gasteiger partial charge in [0, 0.05) is 10.7 Å². The molecule has 0 aliphatic heterocycles. The highest BCUT2D eigenvalue weighted by Crippen LogP contribution is 2.22. The summed E-state index contributed by atoms with van der Waals surface area (Å²) in [5.41, 5.74) is 1.24. The first-order chi connectivity index (χ1) is 9.40. The van der Waals surface area contributed by atoms with E-state index in [2.05, 4.69) is 16.0 Å². The zero-order chi connectivity index (χ0) is 15.1. The van der Waals surface area contributed by atoms with Crippen molar-refractivity contribution in [3.8, 4) is 0 Å². The lowest BCUT2D eigenvalue weighted by Gasteiger charge is -2.10. The summed E-state index contributed by atoms with van der Waals surface area (Å²) in [5.74, 6) is -1.75. The van der Waals surface area contributed by atoms with Crippen LogP contribution in [0.2, 0.25) is 5.02 Å². The van der Waals surface area contributed by atoms with E-state index < -0.39 is 24.5 Å². The Morgan fingerprint density at radius 3 is 2.55 bits per heavy atom. The van der Waals surface area contributed by atoms with Crippen molar-refractivity contribution in [1.82, 2.24) is 10.6 Å². The number of halogens is 1. The molecule has 0 saturated heterocycles. The molecule has 0 aliphatic carbocycles. The molecule has 0 heterocycles. The van der Waals surface area contributed by atoms with E-state index in [1.807, 2.05) is 0 Å². The standard InChI is InChI=1S/C12H14ClN3O4/c1-7-8(13)3-2-4-9(7)16-12(20)15-5-10(17)14-6-11(18)19/h2-4H,5-6H2,1H3,(H,14,17)(H,18,19)(H2,15,16,20). The molecule has 108 valence electrons. The van der Waals surface area contributed by atoms with Crippen LogP contribution in [0.25, 0.3) is 0 Å². The number of carboxylic acid groups (broad SMARTS) is 1. The van der Waals surface area contributed by atoms with Crippen LogP contribution in [0.5, 0.6) is 0 Å². The number of amides is 3. The summed E-state index contributed by atoms with van der Waals surface area (Å²) in [4.78, 5) is 33.0. The Bertz CT molecular complexity index is 533. The van der Waals surface area contributed by atoms with Crippen LogP contribution in [-0.2, 0) is 9.59 Å². The predicted octanol–water partition coefficient (Wildman–Crippen LogP) is 0.971. The first kappa shape index (κ1) is 15.8. The Morgan fingerprint density at radius 2 is 1.90 bits per heavy atom. The van der Waals surface area contributed by atoms with Crippen LogP contribution in [-0.4, -0.2) is 36.1 Å². The van der Waals surface area contributed by atoms with Gasteiger partial charge in [-0.05, 0) is 24.6 Å². The van der Waals surface area contributed by atoms with Gasteiger partial charge in [-0.3, -0.25) is 9.59 Å². The second kappa shape index (κ2) is 7.34. The summed E-state index contributed by atoms with van der Waals surface area (Å²) in [7, 11) is 0. The Labute approximate surface area is 120 Å². The highest BCUT2D eigenvalue weighted by Gasteiger charge is 2.08. The van der Waals surface area contributed by atoms with E-state index in [0.29, 0.717) is 16.3 Å². The molecule has 0 unspecified atom stereocenters. The molecule has 20 heavy (non-hydrogen) atoms. The van der Waals surface area contributed by atoms with Crippen LogP contribution in [0, 0.1) is 6.92 Å². The first-order valence-electron chi connectivity index (χ1n) is 5.68. The molecule has 1 rings (SSSR count). The predicted molar refractivity (Wildman–Crippen MR) is 73.9 cm³/mol. The van der Waals surface area contributed by atoms with Gasteiger partial charge in [0.1, 0.15) is 6.54 Å². The van der Waals surface area contributed by atoms with E-state index in [4.69, 9.17) is 16.7 Å². The quantitative estimate of drug-likeness (QED) is 0.650. The van der Waals surface area contributed by atoms with E-state index in [9.17, 15) is 14.4 Å². The zero-order valence-electron chi connectivity index (χ0n) is 10.7. The number of carbonyl (C=O) groups excluding carboxylic acids is 2. The number of nitrogens with one attached hydrogen (secondary N) is 3. The van der Waals surface area contributed by atoms with Crippen LogP contribution in [0.4, 0.5) is 10.5 Å². The second-order valence-corrected chi connectivity index (χ2v) is 4.30. The van der Waals surface area contributed by atoms with Crippen LogP contribution in [0.3, 0.4) is 0 Å². The third-order valence-electron chi connectivity index (χ3n) is 2.36. The summed E-state index contributed by atoms with van der Waals surface area (Å²) in [6, 6.07) is 4.47. The lowest BCUT2D eigenvalue weighted by Crippen LogP contribution is -2.40. The molecule has 0 spiro atoms. The molecule has 1 aromatic rings. The topological polar surface area (TPSA) is 108 Å². The number of hydrogen-bond acceptors (Lipinski definition) is 3. The van der Waals surface area contributed by atoms with Gasteiger partial charge in [0.25, 0.3) is 0 Å². The number of benzene rings is 1. The minimum Gasteiger partial charge on any atom is -0.480 e. The van der Waals surface area contributed by atoms with Gasteiger partial charge in [0.2, 0.25) is 5.91 Å². The lowest BCUT2D eigenvalue weighted by molar-refractivity contribution is -0.137. The van der Waals surface area contributed by atoms with Crippen LogP contribution in [0.15, 0.2) is 18.2 Å². The minimum absolute atomic E-state index is 0.321. The van der Waals surface area contributed by atoms with Crippen molar-refractivity contribution in [2.75, 3.05) is 18.4 Å². The number of aliphatic carboxylic acids is 1. The fourth-order valence-electron chi connectivity index (χ4n) is 1.31. The molecular formula is C12H14ClN3O4. The van der Waals surface area contributed by atoms with Crippen LogP contribution < -0.4 is 16.0 Å². The van der Waals surface area contributed by atoms with Crippen molar-refractivity contribution in [1.29, 1.82) is 0 Å². The molecule has 0 fully saturated rings. The van der Waals surface area contributed by atoms with Crippen molar-refractivity contribution in [3.05, 3.63) is 28.8 Å². The molecule has 0 radical (unpaired) electrons. The Hall–Kier alpha value is -2.28. The summed E-state index contributed by atoms with van der Waals surface area (Å²) in [5, 5.41) is 15.8. The van der Waals surface area contributed by atoms with Crippen LogP contribution in [0.1, 0.15) is 5.56 Å². The average molecular weight is 300 g/mol. The fourth-order valence-corrected chi connectivity index (χ4v) is 1.48. The molecule has 8 heteroatoms. The van der Waals surface area contributed by atoms with E-state index in [-0.39, 0.29) is 6.54 Å². The number of rotatable bonds is 5. The SMILES string of the molecule is Cc1c(Cl)cccc1NC(=O)NCC(=O)NCC(=O)O. The lowest BCUT2D eigenvalue weighted by atomic mass is 10.2. The molecule has 7 nitrogen and oxygen atoms in total. The summed E-state index contributed by atoms with van der Waals surface area (Å²) < 4.78 is 0. The maximum Gasteiger partial charge on any atom is 0.322 e. The monoisotopic (exact) mass is 299 g/mol. The van der Waals surface area contributed by atoms with E-state index in [1.54, 1.807) is 25.1 Å². The Kier molecular flexibility index (Phi) is 5.79. The molecular weight excluding hydrogens is 286 g/mol. The smallest absolute Gasteiger partial charge is 0.322 e. The van der Waals surface area contributed by atoms with Gasteiger partial charge in [0.15, 0.2) is 0 Å². The number of anilines is 1. The average Bonchev–Trinajstić information content (AvgIpc) is 2.39. The molecule has 0 atom stereocenters. The Balaban J connectivity index is 2.42. The van der Waals surface area contributed by atoms with Gasteiger partial charge in [-0.1, -0.05) is 17.7 Å². The van der Waals surface area contributed by atoms with E-state index in [0.717, 1.165) is 0 Å². The first-order valence-corrected chi connectivity index (χ1v) is 6.06. The third kappa shape index (κ3) is 5.15. The zero-order valence-corrected chi connectivity index (χ0v) is 11.5. The van der Waals surface area contributed by atoms with Gasteiger partial charge in [-0.15, -0.1) is 0 Å². The van der Waals surface area contributed by atoms with E-state index in [1.165, 1.54) is 0 Å². The molecule has 1 aromatic carbocycles. The molecule has 4 N–H and O–H groups in total. The molecule has 0 aliphatic rings. The van der Waals surface area contributed by atoms with Crippen molar-refractivity contribution >= 4 is 35.2 Å². The molecule has 0 saturated carbocycles. The fraction of sp³-hybridized carbons (Fsp3) is 0.250. The van der Waals surface area contributed by atoms with Gasteiger partial charge in [-0.25, -0.2) is 4.79 Å². The second-order valence-electron chi connectivity index (χ2n) is 3.89. The highest BCUT2D eigenvalue weighted by atomic mass is 35.5. The summed E-state index contributed by atoms with van der Waals surface area (Å²) in [6.45, 7) is 0.936. The van der Waals surface area contributed by atoms with Gasteiger partial charge < -0.3 is 21.1 Å². The number of carboxylic acids is 1. The number of urea groups is 1. The minimum atomic E-state index is -1.16.